The molecule has 2 aromatic carbocycles. The van der Waals surface area contributed by atoms with Gasteiger partial charge in [0.25, 0.3) is 0 Å². The molecule has 1 aromatic heterocycles. The largest absolute Gasteiger partial charge is 0.483 e. The van der Waals surface area contributed by atoms with Gasteiger partial charge in [-0.15, -0.1) is 0 Å². The molecule has 2 heterocycles. The first-order valence-corrected chi connectivity index (χ1v) is 9.38. The standard InChI is InChI=1S/C22H18F3NO2/c23-17-7-6-13-10-16(17)15-4-3-5-18(24)19(15)27-11-14-12-28-21(26-14)22(20(13)25)8-1-2-9-22/h3-7,10,12,20H,1-2,8-9,11H2/t20-/m0/s1. The number of para-hydroxylation sites is 1. The molecule has 28 heavy (non-hydrogen) atoms. The fraction of sp³-hybridized carbons (Fsp3) is 0.318. The predicted octanol–water partition coefficient (Wildman–Crippen LogP) is 6.03. The fourth-order valence-electron chi connectivity index (χ4n) is 4.42. The van der Waals surface area contributed by atoms with Crippen molar-refractivity contribution in [3.05, 3.63) is 71.4 Å². The molecule has 144 valence electrons. The van der Waals surface area contributed by atoms with Crippen molar-refractivity contribution in [3.8, 4) is 16.9 Å². The van der Waals surface area contributed by atoms with Crippen LogP contribution in [0.4, 0.5) is 13.2 Å². The van der Waals surface area contributed by atoms with Gasteiger partial charge in [-0.05, 0) is 36.6 Å². The summed E-state index contributed by atoms with van der Waals surface area (Å²) in [5, 5.41) is 0. The molecule has 6 heteroatoms. The van der Waals surface area contributed by atoms with Gasteiger partial charge >= 0.3 is 0 Å². The second-order valence-corrected chi connectivity index (χ2v) is 7.51. The zero-order chi connectivity index (χ0) is 19.3. The first-order chi connectivity index (χ1) is 13.6. The Labute approximate surface area is 160 Å². The Bertz CT molecular complexity index is 1040. The fourth-order valence-corrected chi connectivity index (χ4v) is 4.42. The van der Waals surface area contributed by atoms with Gasteiger partial charge < -0.3 is 9.15 Å². The highest BCUT2D eigenvalue weighted by atomic mass is 19.1. The normalized spacial score (nSPS) is 20.2. The molecule has 1 fully saturated rings. The molecule has 1 aliphatic carbocycles. The first kappa shape index (κ1) is 17.3. The lowest BCUT2D eigenvalue weighted by Crippen LogP contribution is -2.29. The monoisotopic (exact) mass is 385 g/mol. The molecule has 1 spiro atoms. The van der Waals surface area contributed by atoms with Crippen LogP contribution in [-0.2, 0) is 12.0 Å². The van der Waals surface area contributed by atoms with E-state index in [1.807, 2.05) is 0 Å². The van der Waals surface area contributed by atoms with Crippen LogP contribution in [0, 0.1) is 11.6 Å². The van der Waals surface area contributed by atoms with Crippen LogP contribution in [0.2, 0.25) is 0 Å². The minimum atomic E-state index is -1.40. The smallest absolute Gasteiger partial charge is 0.203 e. The van der Waals surface area contributed by atoms with Crippen molar-refractivity contribution in [2.75, 3.05) is 0 Å². The van der Waals surface area contributed by atoms with E-state index in [2.05, 4.69) is 4.98 Å². The molecule has 3 aromatic rings. The number of aromatic nitrogens is 1. The Kier molecular flexibility index (Phi) is 3.96. The SMILES string of the molecule is Fc1ccc2cc1-c1cccc(F)c1OCc1coc(n1)C1(CCCC1)[C@H]2F. The molecule has 3 nitrogen and oxygen atoms in total. The molecule has 0 amide bonds. The van der Waals surface area contributed by atoms with Crippen LogP contribution in [0.15, 0.2) is 47.1 Å². The Morgan fingerprint density at radius 3 is 2.64 bits per heavy atom. The van der Waals surface area contributed by atoms with E-state index in [1.54, 1.807) is 6.07 Å². The zero-order valence-corrected chi connectivity index (χ0v) is 15.1. The molecule has 1 aliphatic heterocycles. The van der Waals surface area contributed by atoms with Crippen molar-refractivity contribution >= 4 is 0 Å². The summed E-state index contributed by atoms with van der Waals surface area (Å²) < 4.78 is 56.3. The maximum atomic E-state index is 15.9. The van der Waals surface area contributed by atoms with Crippen molar-refractivity contribution in [1.82, 2.24) is 4.98 Å². The number of rotatable bonds is 0. The lowest BCUT2D eigenvalue weighted by molar-refractivity contribution is 0.156. The number of ether oxygens (including phenoxy) is 1. The highest BCUT2D eigenvalue weighted by Crippen LogP contribution is 2.52. The van der Waals surface area contributed by atoms with Gasteiger partial charge in [-0.1, -0.05) is 31.0 Å². The Balaban J connectivity index is 1.76. The molecule has 0 unspecified atom stereocenters. The van der Waals surface area contributed by atoms with E-state index in [-0.39, 0.29) is 23.5 Å². The number of benzene rings is 2. The van der Waals surface area contributed by atoms with Gasteiger partial charge in [-0.3, -0.25) is 0 Å². The summed E-state index contributed by atoms with van der Waals surface area (Å²) in [5.41, 5.74) is 0.266. The van der Waals surface area contributed by atoms with E-state index in [9.17, 15) is 8.78 Å². The quantitative estimate of drug-likeness (QED) is 0.474. The minimum absolute atomic E-state index is 0.0498. The summed E-state index contributed by atoms with van der Waals surface area (Å²) in [4.78, 5) is 4.46. The number of alkyl halides is 1. The molecule has 0 saturated heterocycles. The average Bonchev–Trinajstić information content (AvgIpc) is 3.36. The molecule has 0 N–H and O–H groups in total. The maximum absolute atomic E-state index is 15.9. The number of oxazole rings is 1. The predicted molar refractivity (Wildman–Crippen MR) is 96.6 cm³/mol. The van der Waals surface area contributed by atoms with Gasteiger partial charge in [-0.2, -0.15) is 0 Å². The van der Waals surface area contributed by atoms with Gasteiger partial charge in [0.2, 0.25) is 5.89 Å². The van der Waals surface area contributed by atoms with Crippen molar-refractivity contribution < 1.29 is 22.3 Å². The lowest BCUT2D eigenvalue weighted by atomic mass is 9.77. The maximum Gasteiger partial charge on any atom is 0.203 e. The first-order valence-electron chi connectivity index (χ1n) is 9.38. The number of nitrogens with zero attached hydrogens (tertiary/aromatic N) is 1. The minimum Gasteiger partial charge on any atom is -0.483 e. The summed E-state index contributed by atoms with van der Waals surface area (Å²) in [7, 11) is 0. The number of halogens is 3. The Morgan fingerprint density at radius 2 is 1.82 bits per heavy atom. The second-order valence-electron chi connectivity index (χ2n) is 7.51. The topological polar surface area (TPSA) is 35.3 Å². The van der Waals surface area contributed by atoms with Gasteiger partial charge in [0, 0.05) is 11.1 Å². The van der Waals surface area contributed by atoms with Crippen molar-refractivity contribution in [3.63, 3.8) is 0 Å². The summed E-state index contributed by atoms with van der Waals surface area (Å²) in [5.74, 6) is -0.933. The van der Waals surface area contributed by atoms with E-state index in [0.29, 0.717) is 30.0 Å². The van der Waals surface area contributed by atoms with Gasteiger partial charge in [0.05, 0.1) is 5.41 Å². The molecule has 2 aliphatic rings. The lowest BCUT2D eigenvalue weighted by Gasteiger charge is -2.30. The summed E-state index contributed by atoms with van der Waals surface area (Å²) in [6.45, 7) is -0.0498. The summed E-state index contributed by atoms with van der Waals surface area (Å²) in [6, 6.07) is 8.41. The highest BCUT2D eigenvalue weighted by Gasteiger charge is 2.48. The molecular weight excluding hydrogens is 367 g/mol. The van der Waals surface area contributed by atoms with Gasteiger partial charge in [-0.25, -0.2) is 18.2 Å². The van der Waals surface area contributed by atoms with E-state index in [0.717, 1.165) is 12.8 Å². The molecule has 5 rings (SSSR count). The van der Waals surface area contributed by atoms with E-state index in [4.69, 9.17) is 9.15 Å². The third kappa shape index (κ3) is 2.54. The zero-order valence-electron chi connectivity index (χ0n) is 15.1. The second kappa shape index (κ2) is 6.40. The molecule has 1 atom stereocenters. The van der Waals surface area contributed by atoms with Crippen LogP contribution in [0.3, 0.4) is 0 Å². The highest BCUT2D eigenvalue weighted by molar-refractivity contribution is 5.72. The van der Waals surface area contributed by atoms with Crippen LogP contribution in [0.5, 0.6) is 5.75 Å². The van der Waals surface area contributed by atoms with Gasteiger partial charge in [0.1, 0.15) is 30.6 Å². The molecule has 0 radical (unpaired) electrons. The van der Waals surface area contributed by atoms with Crippen LogP contribution >= 0.6 is 0 Å². The summed E-state index contributed by atoms with van der Waals surface area (Å²) >= 11 is 0. The van der Waals surface area contributed by atoms with E-state index >= 15 is 4.39 Å². The van der Waals surface area contributed by atoms with Crippen LogP contribution in [-0.4, -0.2) is 4.98 Å². The Hall–Kier alpha value is -2.76. The molecule has 4 bridgehead atoms. The van der Waals surface area contributed by atoms with Crippen LogP contribution in [0.25, 0.3) is 11.1 Å². The summed E-state index contributed by atoms with van der Waals surface area (Å²) in [6.07, 6.45) is 2.97. The molecule has 1 saturated carbocycles. The van der Waals surface area contributed by atoms with E-state index < -0.39 is 23.2 Å². The third-order valence-electron chi connectivity index (χ3n) is 5.86. The van der Waals surface area contributed by atoms with Crippen LogP contribution in [0.1, 0.15) is 49.0 Å². The molecular formula is C22H18F3NO2. The third-order valence-corrected chi connectivity index (χ3v) is 5.86. The van der Waals surface area contributed by atoms with Crippen molar-refractivity contribution in [2.45, 2.75) is 43.9 Å². The number of hydrogen-bond acceptors (Lipinski definition) is 3. The van der Waals surface area contributed by atoms with Crippen LogP contribution < -0.4 is 4.74 Å². The average molecular weight is 385 g/mol. The Morgan fingerprint density at radius 1 is 1.00 bits per heavy atom. The van der Waals surface area contributed by atoms with Gasteiger partial charge in [0.15, 0.2) is 11.6 Å². The van der Waals surface area contributed by atoms with Crippen molar-refractivity contribution in [2.24, 2.45) is 0 Å². The van der Waals surface area contributed by atoms with E-state index in [1.165, 1.54) is 36.6 Å². The number of hydrogen-bond donors (Lipinski definition) is 0. The van der Waals surface area contributed by atoms with Crippen molar-refractivity contribution in [1.29, 1.82) is 0 Å². The number of fused-ring (bicyclic) bond motifs is 7.